The van der Waals surface area contributed by atoms with Crippen LogP contribution in [-0.4, -0.2) is 29.0 Å². The summed E-state index contributed by atoms with van der Waals surface area (Å²) in [4.78, 5) is 12.1. The molecule has 0 fully saturated rings. The molecule has 1 amide bonds. The Morgan fingerprint density at radius 2 is 1.93 bits per heavy atom. The van der Waals surface area contributed by atoms with Gasteiger partial charge in [0, 0.05) is 5.69 Å². The molecule has 1 N–H and O–H groups in total. The molecule has 0 radical (unpaired) electrons. The molecule has 0 saturated carbocycles. The molecule has 29 heavy (non-hydrogen) atoms. The van der Waals surface area contributed by atoms with Gasteiger partial charge in [-0.15, -0.1) is 0 Å². The maximum Gasteiger partial charge on any atom is 0.261 e. The summed E-state index contributed by atoms with van der Waals surface area (Å²) in [6.07, 6.45) is 1.56. The summed E-state index contributed by atoms with van der Waals surface area (Å²) in [6.45, 7) is 4.34. The minimum Gasteiger partial charge on any atom is -0.493 e. The van der Waals surface area contributed by atoms with E-state index < -0.39 is 0 Å². The van der Waals surface area contributed by atoms with E-state index in [-0.39, 0.29) is 12.5 Å². The fraction of sp³-hybridized carbons (Fsp3) is 0.227. The lowest BCUT2D eigenvalue weighted by Gasteiger charge is -2.11. The van der Waals surface area contributed by atoms with Crippen LogP contribution < -0.4 is 14.9 Å². The summed E-state index contributed by atoms with van der Waals surface area (Å²) in [5.74, 6) is 0.988. The normalized spacial score (nSPS) is 10.9. The molecule has 1 aromatic heterocycles. The number of aromatic nitrogens is 2. The number of hydrogen-bond donors (Lipinski definition) is 1. The Labute approximate surface area is 170 Å². The van der Waals surface area contributed by atoms with Gasteiger partial charge in [-0.3, -0.25) is 9.48 Å². The largest absolute Gasteiger partial charge is 0.493 e. The van der Waals surface area contributed by atoms with Gasteiger partial charge in [0.25, 0.3) is 5.91 Å². The van der Waals surface area contributed by atoms with Crippen LogP contribution in [0.3, 0.4) is 0 Å². The molecule has 2 aromatic carbocycles. The molecule has 7 nitrogen and oxygen atoms in total. The molecule has 150 valence electrons. The third-order valence-electron chi connectivity index (χ3n) is 4.22. The van der Waals surface area contributed by atoms with E-state index in [1.165, 1.54) is 0 Å². The van der Waals surface area contributed by atoms with E-state index >= 15 is 0 Å². The van der Waals surface area contributed by atoms with Gasteiger partial charge in [-0.25, -0.2) is 5.43 Å². The molecule has 0 aliphatic heterocycles. The summed E-state index contributed by atoms with van der Waals surface area (Å²) in [6, 6.07) is 17.3. The highest BCUT2D eigenvalue weighted by atomic mass is 16.5. The van der Waals surface area contributed by atoms with Crippen molar-refractivity contribution in [2.45, 2.75) is 27.0 Å². The number of carbonyl (C=O) groups excluding carboxylic acids is 1. The van der Waals surface area contributed by atoms with Crippen LogP contribution in [0.5, 0.6) is 11.5 Å². The maximum absolute atomic E-state index is 12.1. The molecule has 0 bridgehead atoms. The second-order valence-electron chi connectivity index (χ2n) is 6.56. The summed E-state index contributed by atoms with van der Waals surface area (Å²) in [5, 5.41) is 8.29. The molecule has 0 atom stereocenters. The number of hydrazone groups is 1. The summed E-state index contributed by atoms with van der Waals surface area (Å²) in [5.41, 5.74) is 6.16. The van der Waals surface area contributed by atoms with Gasteiger partial charge < -0.3 is 9.47 Å². The zero-order valence-electron chi connectivity index (χ0n) is 16.8. The lowest BCUT2D eigenvalue weighted by Crippen LogP contribution is -2.24. The van der Waals surface area contributed by atoms with Crippen molar-refractivity contribution in [3.8, 4) is 11.5 Å². The van der Waals surface area contributed by atoms with Crippen molar-refractivity contribution in [2.75, 3.05) is 7.11 Å². The molecule has 0 aliphatic rings. The highest BCUT2D eigenvalue weighted by Crippen LogP contribution is 2.28. The van der Waals surface area contributed by atoms with Crippen LogP contribution in [0, 0.1) is 13.8 Å². The molecular weight excluding hydrogens is 368 g/mol. The quantitative estimate of drug-likeness (QED) is 0.472. The van der Waals surface area contributed by atoms with E-state index in [4.69, 9.17) is 9.47 Å². The molecule has 7 heteroatoms. The van der Waals surface area contributed by atoms with Gasteiger partial charge in [-0.2, -0.15) is 10.2 Å². The van der Waals surface area contributed by atoms with Gasteiger partial charge >= 0.3 is 0 Å². The lowest BCUT2D eigenvalue weighted by molar-refractivity contribution is -0.121. The average Bonchev–Trinajstić information content (AvgIpc) is 3.04. The first-order chi connectivity index (χ1) is 14.0. The summed E-state index contributed by atoms with van der Waals surface area (Å²) >= 11 is 0. The Balaban J connectivity index is 1.61. The van der Waals surface area contributed by atoms with Crippen LogP contribution in [0.25, 0.3) is 0 Å². The fourth-order valence-corrected chi connectivity index (χ4v) is 2.81. The van der Waals surface area contributed by atoms with E-state index in [2.05, 4.69) is 15.6 Å². The Morgan fingerprint density at radius 3 is 2.62 bits per heavy atom. The van der Waals surface area contributed by atoms with Crippen LogP contribution in [0.4, 0.5) is 0 Å². The monoisotopic (exact) mass is 392 g/mol. The van der Waals surface area contributed by atoms with Crippen molar-refractivity contribution in [1.29, 1.82) is 0 Å². The minimum absolute atomic E-state index is 0.116. The highest BCUT2D eigenvalue weighted by Gasteiger charge is 2.07. The van der Waals surface area contributed by atoms with Crippen molar-refractivity contribution in [3.05, 3.63) is 77.1 Å². The number of benzene rings is 2. The molecule has 0 aliphatic carbocycles. The topological polar surface area (TPSA) is 77.7 Å². The average molecular weight is 392 g/mol. The number of ether oxygens (including phenoxy) is 2. The molecule has 1 heterocycles. The smallest absolute Gasteiger partial charge is 0.261 e. The zero-order chi connectivity index (χ0) is 20.6. The van der Waals surface area contributed by atoms with Crippen molar-refractivity contribution in [2.24, 2.45) is 5.10 Å². The third kappa shape index (κ3) is 5.68. The number of nitrogens with one attached hydrogen (secondary N) is 1. The van der Waals surface area contributed by atoms with Crippen LogP contribution in [0.1, 0.15) is 22.5 Å². The molecule has 0 spiro atoms. The zero-order valence-corrected chi connectivity index (χ0v) is 16.8. The molecular formula is C22H24N4O3. The number of aryl methyl sites for hydroxylation is 2. The SMILES string of the molecule is COc1ccc(C=NNC(=O)Cn2nc(C)cc2C)cc1OCc1ccccc1. The number of rotatable bonds is 8. The van der Waals surface area contributed by atoms with Crippen LogP contribution >= 0.6 is 0 Å². The van der Waals surface area contributed by atoms with Crippen molar-refractivity contribution in [3.63, 3.8) is 0 Å². The number of carbonyl (C=O) groups is 1. The van der Waals surface area contributed by atoms with Crippen LogP contribution in [0.15, 0.2) is 59.7 Å². The first-order valence-corrected chi connectivity index (χ1v) is 9.23. The highest BCUT2D eigenvalue weighted by molar-refractivity contribution is 5.83. The van der Waals surface area contributed by atoms with Gasteiger partial charge in [0.1, 0.15) is 13.2 Å². The number of nitrogens with zero attached hydrogens (tertiary/aromatic N) is 3. The van der Waals surface area contributed by atoms with E-state index in [0.717, 1.165) is 22.5 Å². The Bertz CT molecular complexity index is 997. The van der Waals surface area contributed by atoms with Crippen LogP contribution in [-0.2, 0) is 17.9 Å². The second-order valence-corrected chi connectivity index (χ2v) is 6.56. The minimum atomic E-state index is -0.249. The molecule has 3 rings (SSSR count). The first-order valence-electron chi connectivity index (χ1n) is 9.23. The van der Waals surface area contributed by atoms with Crippen molar-refractivity contribution < 1.29 is 14.3 Å². The Kier molecular flexibility index (Phi) is 6.63. The van der Waals surface area contributed by atoms with E-state index in [1.807, 2.05) is 62.4 Å². The standard InChI is InChI=1S/C22H24N4O3/c1-16-11-17(2)26(25-16)14-22(27)24-23-13-19-9-10-20(28-3)21(12-19)29-15-18-7-5-4-6-8-18/h4-13H,14-15H2,1-3H3,(H,24,27). The predicted octanol–water partition coefficient (Wildman–Crippen LogP) is 3.24. The second kappa shape index (κ2) is 9.54. The fourth-order valence-electron chi connectivity index (χ4n) is 2.81. The van der Waals surface area contributed by atoms with E-state index in [0.29, 0.717) is 18.1 Å². The first kappa shape index (κ1) is 20.1. The van der Waals surface area contributed by atoms with Gasteiger partial charge in [-0.1, -0.05) is 30.3 Å². The summed E-state index contributed by atoms with van der Waals surface area (Å²) in [7, 11) is 1.59. The van der Waals surface area contributed by atoms with E-state index in [9.17, 15) is 4.79 Å². The number of hydrogen-bond acceptors (Lipinski definition) is 5. The molecule has 3 aromatic rings. The van der Waals surface area contributed by atoms with Crippen LogP contribution in [0.2, 0.25) is 0 Å². The lowest BCUT2D eigenvalue weighted by atomic mass is 10.2. The van der Waals surface area contributed by atoms with Crippen molar-refractivity contribution in [1.82, 2.24) is 15.2 Å². The van der Waals surface area contributed by atoms with Crippen molar-refractivity contribution >= 4 is 12.1 Å². The third-order valence-corrected chi connectivity index (χ3v) is 4.22. The summed E-state index contributed by atoms with van der Waals surface area (Å²) < 4.78 is 12.9. The maximum atomic E-state index is 12.1. The molecule has 0 unspecified atom stereocenters. The van der Waals surface area contributed by atoms with E-state index in [1.54, 1.807) is 24.1 Å². The number of methoxy groups -OCH3 is 1. The van der Waals surface area contributed by atoms with Gasteiger partial charge in [0.15, 0.2) is 11.5 Å². The predicted molar refractivity (Wildman–Crippen MR) is 111 cm³/mol. The van der Waals surface area contributed by atoms with Gasteiger partial charge in [0.2, 0.25) is 0 Å². The Hall–Kier alpha value is -3.61. The molecule has 0 saturated heterocycles. The van der Waals surface area contributed by atoms with Gasteiger partial charge in [0.05, 0.1) is 19.0 Å². The van der Waals surface area contributed by atoms with Gasteiger partial charge in [-0.05, 0) is 49.2 Å². The number of amides is 1. The Morgan fingerprint density at radius 1 is 1.14 bits per heavy atom.